The van der Waals surface area contributed by atoms with Crippen molar-refractivity contribution in [3.8, 4) is 0 Å². The number of hydrogen-bond acceptors (Lipinski definition) is 3. The third-order valence-electron chi connectivity index (χ3n) is 3.16. The molecule has 0 radical (unpaired) electrons. The molecule has 1 atom stereocenters. The molecular weight excluding hydrogens is 242 g/mol. The van der Waals surface area contributed by atoms with Gasteiger partial charge in [-0.25, -0.2) is 0 Å². The van der Waals surface area contributed by atoms with Gasteiger partial charge < -0.3 is 9.64 Å². The van der Waals surface area contributed by atoms with Gasteiger partial charge >= 0.3 is 5.97 Å². The van der Waals surface area contributed by atoms with Crippen molar-refractivity contribution < 1.29 is 14.3 Å². The normalized spacial score (nSPS) is 11.7. The maximum Gasteiger partial charge on any atom is 0.307 e. The molecule has 0 saturated carbocycles. The summed E-state index contributed by atoms with van der Waals surface area (Å²) in [6, 6.07) is 9.76. The Morgan fingerprint density at radius 2 is 1.89 bits per heavy atom. The third kappa shape index (κ3) is 4.39. The lowest BCUT2D eigenvalue weighted by atomic mass is 10.1. The molecule has 0 bridgehead atoms. The topological polar surface area (TPSA) is 46.6 Å². The van der Waals surface area contributed by atoms with E-state index in [1.54, 1.807) is 4.90 Å². The quantitative estimate of drug-likeness (QED) is 0.741. The van der Waals surface area contributed by atoms with Crippen LogP contribution in [-0.2, 0) is 14.3 Å². The second kappa shape index (κ2) is 7.56. The first-order valence-electron chi connectivity index (χ1n) is 6.51. The molecule has 19 heavy (non-hydrogen) atoms. The van der Waals surface area contributed by atoms with Gasteiger partial charge in [-0.15, -0.1) is 0 Å². The lowest BCUT2D eigenvalue weighted by Crippen LogP contribution is -2.35. The Morgan fingerprint density at radius 1 is 1.26 bits per heavy atom. The van der Waals surface area contributed by atoms with Crippen LogP contribution in [0.25, 0.3) is 0 Å². The molecule has 0 aliphatic rings. The zero-order valence-corrected chi connectivity index (χ0v) is 11.8. The summed E-state index contributed by atoms with van der Waals surface area (Å²) in [5.74, 6) is -0.255. The minimum atomic E-state index is -0.297. The average Bonchev–Trinajstić information content (AvgIpc) is 2.47. The monoisotopic (exact) mass is 263 g/mol. The summed E-state index contributed by atoms with van der Waals surface area (Å²) in [4.78, 5) is 25.0. The van der Waals surface area contributed by atoms with Gasteiger partial charge in [0.25, 0.3) is 0 Å². The number of nitrogens with zero attached hydrogens (tertiary/aromatic N) is 1. The smallest absolute Gasteiger partial charge is 0.307 e. The van der Waals surface area contributed by atoms with Crippen molar-refractivity contribution >= 4 is 11.9 Å². The molecule has 0 aromatic heterocycles. The van der Waals surface area contributed by atoms with Gasteiger partial charge in [0.1, 0.15) is 0 Å². The van der Waals surface area contributed by atoms with E-state index in [1.165, 1.54) is 7.11 Å². The number of ether oxygens (including phenoxy) is 1. The molecule has 1 rings (SSSR count). The minimum Gasteiger partial charge on any atom is -0.469 e. The molecule has 4 heteroatoms. The molecule has 0 saturated heterocycles. The van der Waals surface area contributed by atoms with E-state index in [0.717, 1.165) is 5.56 Å². The maximum atomic E-state index is 12.0. The predicted molar refractivity (Wildman–Crippen MR) is 73.5 cm³/mol. The minimum absolute atomic E-state index is 0.0419. The van der Waals surface area contributed by atoms with E-state index in [1.807, 2.05) is 44.2 Å². The van der Waals surface area contributed by atoms with Gasteiger partial charge in [0.15, 0.2) is 0 Å². The zero-order valence-electron chi connectivity index (χ0n) is 11.8. The molecule has 0 aliphatic carbocycles. The van der Waals surface area contributed by atoms with Gasteiger partial charge in [-0.2, -0.15) is 0 Å². The Kier molecular flexibility index (Phi) is 6.06. The number of amides is 1. The molecule has 0 heterocycles. The maximum absolute atomic E-state index is 12.0. The molecule has 0 fully saturated rings. The van der Waals surface area contributed by atoms with Crippen LogP contribution in [0.2, 0.25) is 0 Å². The Labute approximate surface area is 114 Å². The second-order valence-electron chi connectivity index (χ2n) is 4.35. The van der Waals surface area contributed by atoms with Crippen molar-refractivity contribution in [1.29, 1.82) is 0 Å². The van der Waals surface area contributed by atoms with Gasteiger partial charge in [0.2, 0.25) is 5.91 Å². The van der Waals surface area contributed by atoms with Crippen LogP contribution in [0.1, 0.15) is 38.3 Å². The van der Waals surface area contributed by atoms with Crippen LogP contribution in [0.15, 0.2) is 30.3 Å². The second-order valence-corrected chi connectivity index (χ2v) is 4.35. The standard InChI is InChI=1S/C15H21NO3/c1-4-14(17)16(11-10-15(18)19-3)12(2)13-8-6-5-7-9-13/h5-9,12H,4,10-11H2,1-3H3. The number of carbonyl (C=O) groups excluding carboxylic acids is 2. The van der Waals surface area contributed by atoms with Crippen LogP contribution >= 0.6 is 0 Å². The average molecular weight is 263 g/mol. The zero-order chi connectivity index (χ0) is 14.3. The van der Waals surface area contributed by atoms with Gasteiger partial charge in [-0.1, -0.05) is 37.3 Å². The molecule has 1 unspecified atom stereocenters. The summed E-state index contributed by atoms with van der Waals surface area (Å²) in [6.45, 7) is 4.18. The van der Waals surface area contributed by atoms with E-state index >= 15 is 0 Å². The van der Waals surface area contributed by atoms with Crippen LogP contribution in [0.4, 0.5) is 0 Å². The lowest BCUT2D eigenvalue weighted by molar-refractivity contribution is -0.142. The molecule has 104 valence electrons. The van der Waals surface area contributed by atoms with Crippen molar-refractivity contribution in [3.05, 3.63) is 35.9 Å². The number of rotatable bonds is 6. The van der Waals surface area contributed by atoms with Crippen LogP contribution in [-0.4, -0.2) is 30.4 Å². The van der Waals surface area contributed by atoms with E-state index in [0.29, 0.717) is 13.0 Å². The van der Waals surface area contributed by atoms with Crippen molar-refractivity contribution in [2.75, 3.05) is 13.7 Å². The lowest BCUT2D eigenvalue weighted by Gasteiger charge is -2.29. The highest BCUT2D eigenvalue weighted by molar-refractivity contribution is 5.77. The largest absolute Gasteiger partial charge is 0.469 e. The number of hydrogen-bond donors (Lipinski definition) is 0. The SMILES string of the molecule is CCC(=O)N(CCC(=O)OC)C(C)c1ccccc1. The third-order valence-corrected chi connectivity index (χ3v) is 3.16. The highest BCUT2D eigenvalue weighted by Gasteiger charge is 2.20. The van der Waals surface area contributed by atoms with Crippen molar-refractivity contribution in [2.45, 2.75) is 32.7 Å². The molecule has 1 aromatic rings. The number of methoxy groups -OCH3 is 1. The van der Waals surface area contributed by atoms with Gasteiger partial charge in [0, 0.05) is 13.0 Å². The molecule has 0 spiro atoms. The number of esters is 1. The first-order valence-corrected chi connectivity index (χ1v) is 6.51. The fourth-order valence-electron chi connectivity index (χ4n) is 1.96. The van der Waals surface area contributed by atoms with Gasteiger partial charge in [0.05, 0.1) is 19.6 Å². The summed E-state index contributed by atoms with van der Waals surface area (Å²) < 4.78 is 4.62. The summed E-state index contributed by atoms with van der Waals surface area (Å²) in [6.07, 6.45) is 0.651. The van der Waals surface area contributed by atoms with E-state index in [4.69, 9.17) is 0 Å². The van der Waals surface area contributed by atoms with Crippen molar-refractivity contribution in [3.63, 3.8) is 0 Å². The summed E-state index contributed by atoms with van der Waals surface area (Å²) in [5.41, 5.74) is 1.06. The first kappa shape index (κ1) is 15.2. The molecule has 4 nitrogen and oxygen atoms in total. The van der Waals surface area contributed by atoms with E-state index in [2.05, 4.69) is 4.74 Å². The van der Waals surface area contributed by atoms with Crippen LogP contribution in [0.5, 0.6) is 0 Å². The Balaban J connectivity index is 2.79. The van der Waals surface area contributed by atoms with Gasteiger partial charge in [-0.05, 0) is 12.5 Å². The highest BCUT2D eigenvalue weighted by Crippen LogP contribution is 2.21. The molecule has 0 aliphatic heterocycles. The number of carbonyl (C=O) groups is 2. The van der Waals surface area contributed by atoms with Crippen LogP contribution < -0.4 is 0 Å². The van der Waals surface area contributed by atoms with Crippen molar-refractivity contribution in [1.82, 2.24) is 4.90 Å². The molecule has 1 amide bonds. The van der Waals surface area contributed by atoms with E-state index in [9.17, 15) is 9.59 Å². The highest BCUT2D eigenvalue weighted by atomic mass is 16.5. The van der Waals surface area contributed by atoms with Crippen molar-refractivity contribution in [2.24, 2.45) is 0 Å². The van der Waals surface area contributed by atoms with Crippen LogP contribution in [0, 0.1) is 0 Å². The molecular formula is C15H21NO3. The summed E-state index contributed by atoms with van der Waals surface area (Å²) in [5, 5.41) is 0. The molecule has 0 N–H and O–H groups in total. The molecule has 1 aromatic carbocycles. The van der Waals surface area contributed by atoms with Crippen LogP contribution in [0.3, 0.4) is 0 Å². The Morgan fingerprint density at radius 3 is 2.42 bits per heavy atom. The van der Waals surface area contributed by atoms with E-state index in [-0.39, 0.29) is 24.3 Å². The Hall–Kier alpha value is -1.84. The fourth-order valence-corrected chi connectivity index (χ4v) is 1.96. The number of benzene rings is 1. The fraction of sp³-hybridized carbons (Fsp3) is 0.467. The van der Waals surface area contributed by atoms with E-state index < -0.39 is 0 Å². The Bertz CT molecular complexity index is 417. The first-order chi connectivity index (χ1) is 9.10. The predicted octanol–water partition coefficient (Wildman–Crippen LogP) is 2.55. The summed E-state index contributed by atoms with van der Waals surface area (Å²) >= 11 is 0. The van der Waals surface area contributed by atoms with Gasteiger partial charge in [-0.3, -0.25) is 9.59 Å². The summed E-state index contributed by atoms with van der Waals surface area (Å²) in [7, 11) is 1.36.